The van der Waals surface area contributed by atoms with Crippen LogP contribution in [0.2, 0.25) is 0 Å². The highest BCUT2D eigenvalue weighted by atomic mass is 19.3. The van der Waals surface area contributed by atoms with Crippen molar-refractivity contribution in [1.29, 1.82) is 0 Å². The highest BCUT2D eigenvalue weighted by Gasteiger charge is 2.42. The molecular weight excluding hydrogens is 270 g/mol. The molecular formula is C17H30F2N2. The molecule has 1 saturated carbocycles. The summed E-state index contributed by atoms with van der Waals surface area (Å²) >= 11 is 0. The van der Waals surface area contributed by atoms with Crippen molar-refractivity contribution in [2.45, 2.75) is 95.3 Å². The van der Waals surface area contributed by atoms with Gasteiger partial charge in [-0.1, -0.05) is 0 Å². The van der Waals surface area contributed by atoms with E-state index in [9.17, 15) is 8.78 Å². The smallest absolute Gasteiger partial charge is 0.248 e. The van der Waals surface area contributed by atoms with Gasteiger partial charge in [-0.2, -0.15) is 0 Å². The molecule has 2 nitrogen and oxygen atoms in total. The SMILES string of the molecule is CC(C)N1C2CC[C@@H]1CC(NCC1CCC(F)(F)CC1)C2. The average molecular weight is 300 g/mol. The number of hydrogen-bond donors (Lipinski definition) is 1. The van der Waals surface area contributed by atoms with Crippen LogP contribution in [0, 0.1) is 5.92 Å². The Balaban J connectivity index is 1.44. The van der Waals surface area contributed by atoms with Crippen molar-refractivity contribution >= 4 is 0 Å². The predicted octanol–water partition coefficient (Wildman–Crippen LogP) is 3.81. The lowest BCUT2D eigenvalue weighted by atomic mass is 9.86. The third-order valence-corrected chi connectivity index (χ3v) is 5.92. The van der Waals surface area contributed by atoms with E-state index in [1.54, 1.807) is 0 Å². The van der Waals surface area contributed by atoms with Crippen molar-refractivity contribution in [2.75, 3.05) is 6.54 Å². The molecule has 2 heterocycles. The fourth-order valence-corrected chi connectivity index (χ4v) is 4.86. The van der Waals surface area contributed by atoms with Gasteiger partial charge in [0.05, 0.1) is 0 Å². The van der Waals surface area contributed by atoms with E-state index < -0.39 is 5.92 Å². The number of rotatable bonds is 4. The van der Waals surface area contributed by atoms with Gasteiger partial charge in [-0.05, 0) is 64.8 Å². The van der Waals surface area contributed by atoms with E-state index in [1.807, 2.05) is 0 Å². The Morgan fingerprint density at radius 3 is 2.14 bits per heavy atom. The Kier molecular flexibility index (Phi) is 4.56. The molecule has 0 radical (unpaired) electrons. The van der Waals surface area contributed by atoms with Crippen LogP contribution in [0.3, 0.4) is 0 Å². The van der Waals surface area contributed by atoms with Gasteiger partial charge in [0.2, 0.25) is 5.92 Å². The molecule has 0 aromatic rings. The summed E-state index contributed by atoms with van der Waals surface area (Å²) in [5.74, 6) is -1.93. The number of hydrogen-bond acceptors (Lipinski definition) is 2. The molecule has 2 aliphatic heterocycles. The van der Waals surface area contributed by atoms with Gasteiger partial charge in [-0.25, -0.2) is 8.78 Å². The molecule has 4 heteroatoms. The molecule has 0 aromatic carbocycles. The lowest BCUT2D eigenvalue weighted by Crippen LogP contribution is -2.52. The first-order valence-corrected chi connectivity index (χ1v) is 8.83. The molecule has 3 fully saturated rings. The minimum Gasteiger partial charge on any atom is -0.314 e. The molecule has 0 amide bonds. The number of fused-ring (bicyclic) bond motifs is 2. The normalized spacial score (nSPS) is 37.3. The van der Waals surface area contributed by atoms with Crippen molar-refractivity contribution in [2.24, 2.45) is 5.92 Å². The number of halogens is 2. The summed E-state index contributed by atoms with van der Waals surface area (Å²) in [4.78, 5) is 2.71. The summed E-state index contributed by atoms with van der Waals surface area (Å²) in [5, 5.41) is 3.71. The number of alkyl halides is 2. The molecule has 21 heavy (non-hydrogen) atoms. The second-order valence-electron chi connectivity index (χ2n) is 7.80. The van der Waals surface area contributed by atoms with Gasteiger partial charge < -0.3 is 5.32 Å². The van der Waals surface area contributed by atoms with Gasteiger partial charge in [0.1, 0.15) is 0 Å². The predicted molar refractivity (Wildman–Crippen MR) is 81.7 cm³/mol. The van der Waals surface area contributed by atoms with Crippen LogP contribution in [0.25, 0.3) is 0 Å². The van der Waals surface area contributed by atoms with Gasteiger partial charge in [-0.15, -0.1) is 0 Å². The van der Waals surface area contributed by atoms with Crippen molar-refractivity contribution in [3.05, 3.63) is 0 Å². The van der Waals surface area contributed by atoms with Crippen LogP contribution >= 0.6 is 0 Å². The zero-order chi connectivity index (χ0) is 15.0. The van der Waals surface area contributed by atoms with Crippen molar-refractivity contribution in [3.8, 4) is 0 Å². The van der Waals surface area contributed by atoms with Crippen molar-refractivity contribution in [3.63, 3.8) is 0 Å². The Labute approximate surface area is 127 Å². The number of piperidine rings is 1. The first kappa shape index (κ1) is 15.7. The van der Waals surface area contributed by atoms with Crippen LogP contribution in [-0.4, -0.2) is 41.5 Å². The summed E-state index contributed by atoms with van der Waals surface area (Å²) in [6, 6.07) is 2.76. The highest BCUT2D eigenvalue weighted by molar-refractivity contribution is 4.98. The van der Waals surface area contributed by atoms with Crippen molar-refractivity contribution in [1.82, 2.24) is 10.2 Å². The third-order valence-electron chi connectivity index (χ3n) is 5.92. The summed E-state index contributed by atoms with van der Waals surface area (Å²) in [7, 11) is 0. The first-order chi connectivity index (χ1) is 9.94. The van der Waals surface area contributed by atoms with Crippen LogP contribution in [0.4, 0.5) is 8.78 Å². The zero-order valence-electron chi connectivity index (χ0n) is 13.5. The fourth-order valence-electron chi connectivity index (χ4n) is 4.86. The van der Waals surface area contributed by atoms with E-state index >= 15 is 0 Å². The zero-order valence-corrected chi connectivity index (χ0v) is 13.5. The molecule has 0 spiro atoms. The Morgan fingerprint density at radius 1 is 1.05 bits per heavy atom. The Bertz CT molecular complexity index is 335. The molecule has 1 aliphatic carbocycles. The third kappa shape index (κ3) is 3.58. The monoisotopic (exact) mass is 300 g/mol. The maximum Gasteiger partial charge on any atom is 0.248 e. The molecule has 3 rings (SSSR count). The van der Waals surface area contributed by atoms with Gasteiger partial charge in [0.15, 0.2) is 0 Å². The van der Waals surface area contributed by atoms with E-state index in [0.717, 1.165) is 18.6 Å². The number of nitrogens with one attached hydrogen (secondary N) is 1. The molecule has 1 N–H and O–H groups in total. The van der Waals surface area contributed by atoms with E-state index in [4.69, 9.17) is 0 Å². The van der Waals surface area contributed by atoms with Gasteiger partial charge in [0, 0.05) is 37.0 Å². The van der Waals surface area contributed by atoms with Crippen LogP contribution in [0.15, 0.2) is 0 Å². The van der Waals surface area contributed by atoms with Crippen LogP contribution < -0.4 is 5.32 Å². The standard InChI is InChI=1S/C17H30F2N2/c1-12(2)21-15-3-4-16(21)10-14(9-15)20-11-13-5-7-17(18,19)8-6-13/h12-16,20H,3-11H2,1-2H3/t14?,15-,16?/m1/s1. The lowest BCUT2D eigenvalue weighted by molar-refractivity contribution is -0.0459. The minimum atomic E-state index is -2.39. The second-order valence-corrected chi connectivity index (χ2v) is 7.80. The molecule has 3 aliphatic rings. The Hall–Kier alpha value is -0.220. The quantitative estimate of drug-likeness (QED) is 0.849. The fraction of sp³-hybridized carbons (Fsp3) is 1.00. The maximum atomic E-state index is 13.2. The van der Waals surface area contributed by atoms with Crippen LogP contribution in [0.5, 0.6) is 0 Å². The molecule has 2 bridgehead atoms. The second kappa shape index (κ2) is 6.11. The highest BCUT2D eigenvalue weighted by Crippen LogP contribution is 2.38. The maximum absolute atomic E-state index is 13.2. The largest absolute Gasteiger partial charge is 0.314 e. The first-order valence-electron chi connectivity index (χ1n) is 8.83. The van der Waals surface area contributed by atoms with Crippen LogP contribution in [-0.2, 0) is 0 Å². The summed E-state index contributed by atoms with van der Waals surface area (Å²) in [6.07, 6.45) is 6.75. The molecule has 3 atom stereocenters. The van der Waals surface area contributed by atoms with Gasteiger partial charge in [-0.3, -0.25) is 4.90 Å². The van der Waals surface area contributed by atoms with Crippen LogP contribution in [0.1, 0.15) is 65.2 Å². The van der Waals surface area contributed by atoms with E-state index in [-0.39, 0.29) is 12.8 Å². The molecule has 122 valence electrons. The summed E-state index contributed by atoms with van der Waals surface area (Å²) in [5.41, 5.74) is 0. The van der Waals surface area contributed by atoms with Gasteiger partial charge in [0.25, 0.3) is 0 Å². The van der Waals surface area contributed by atoms with E-state index in [0.29, 0.717) is 30.8 Å². The minimum absolute atomic E-state index is 0.0936. The average Bonchev–Trinajstić information content (AvgIpc) is 2.69. The molecule has 2 saturated heterocycles. The Morgan fingerprint density at radius 2 is 1.62 bits per heavy atom. The summed E-state index contributed by atoms with van der Waals surface area (Å²) in [6.45, 7) is 5.56. The van der Waals surface area contributed by atoms with Gasteiger partial charge >= 0.3 is 0 Å². The summed E-state index contributed by atoms with van der Waals surface area (Å²) < 4.78 is 26.4. The molecule has 2 unspecified atom stereocenters. The van der Waals surface area contributed by atoms with E-state index in [2.05, 4.69) is 24.1 Å². The lowest BCUT2D eigenvalue weighted by Gasteiger charge is -2.42. The van der Waals surface area contributed by atoms with E-state index in [1.165, 1.54) is 25.7 Å². The molecule has 0 aromatic heterocycles. The van der Waals surface area contributed by atoms with Crippen molar-refractivity contribution < 1.29 is 8.78 Å². The number of nitrogens with zero attached hydrogens (tertiary/aromatic N) is 1. The topological polar surface area (TPSA) is 15.3 Å².